The molecule has 0 radical (unpaired) electrons. The third-order valence-electron chi connectivity index (χ3n) is 5.05. The number of aryl methyl sites for hydroxylation is 2. The van der Waals surface area contributed by atoms with Crippen LogP contribution in [-0.4, -0.2) is 4.92 Å². The van der Waals surface area contributed by atoms with E-state index in [4.69, 9.17) is 0 Å². The molecule has 4 aromatic rings. The lowest BCUT2D eigenvalue weighted by Crippen LogP contribution is -1.92. The topological polar surface area (TPSA) is 43.1 Å². The van der Waals surface area contributed by atoms with Gasteiger partial charge in [-0.2, -0.15) is 0 Å². The Morgan fingerprint density at radius 2 is 1.26 bits per heavy atom. The predicted molar refractivity (Wildman–Crippen MR) is 111 cm³/mol. The second-order valence-corrected chi connectivity index (χ2v) is 6.78. The minimum Gasteiger partial charge on any atom is -0.258 e. The lowest BCUT2D eigenvalue weighted by Gasteiger charge is -2.15. The van der Waals surface area contributed by atoms with Crippen molar-refractivity contribution < 1.29 is 4.92 Å². The first-order valence-electron chi connectivity index (χ1n) is 8.89. The highest BCUT2D eigenvalue weighted by atomic mass is 16.6. The Bertz CT molecular complexity index is 1170. The van der Waals surface area contributed by atoms with E-state index >= 15 is 0 Å². The van der Waals surface area contributed by atoms with E-state index in [1.54, 1.807) is 12.1 Å². The third-order valence-corrected chi connectivity index (χ3v) is 5.05. The maximum atomic E-state index is 11.1. The first kappa shape index (κ1) is 17.0. The van der Waals surface area contributed by atoms with Gasteiger partial charge in [-0.15, -0.1) is 0 Å². The summed E-state index contributed by atoms with van der Waals surface area (Å²) in [6.07, 6.45) is 0. The van der Waals surface area contributed by atoms with Crippen LogP contribution in [-0.2, 0) is 0 Å². The van der Waals surface area contributed by atoms with Crippen LogP contribution in [0.15, 0.2) is 78.9 Å². The Morgan fingerprint density at radius 1 is 0.667 bits per heavy atom. The highest BCUT2D eigenvalue weighted by Gasteiger charge is 2.14. The van der Waals surface area contributed by atoms with E-state index in [1.165, 1.54) is 22.1 Å². The van der Waals surface area contributed by atoms with Gasteiger partial charge >= 0.3 is 0 Å². The summed E-state index contributed by atoms with van der Waals surface area (Å²) in [5.74, 6) is 0. The van der Waals surface area contributed by atoms with Crippen molar-refractivity contribution in [1.82, 2.24) is 0 Å². The molecule has 0 aliphatic heterocycles. The summed E-state index contributed by atoms with van der Waals surface area (Å²) >= 11 is 0. The molecule has 0 unspecified atom stereocenters. The highest BCUT2D eigenvalue weighted by Crippen LogP contribution is 2.39. The van der Waals surface area contributed by atoms with Crippen molar-refractivity contribution in [3.63, 3.8) is 0 Å². The number of nitro groups is 1. The second-order valence-electron chi connectivity index (χ2n) is 6.78. The van der Waals surface area contributed by atoms with Crippen LogP contribution >= 0.6 is 0 Å². The van der Waals surface area contributed by atoms with Gasteiger partial charge in [-0.25, -0.2) is 0 Å². The van der Waals surface area contributed by atoms with E-state index in [0.717, 1.165) is 22.1 Å². The zero-order chi connectivity index (χ0) is 19.0. The molecule has 0 saturated heterocycles. The SMILES string of the molecule is Cc1ccccc1-c1cccc2cccc(-c3ccc([N+](=O)[O-])cc3C)c12. The van der Waals surface area contributed by atoms with Gasteiger partial charge in [0.25, 0.3) is 5.69 Å². The summed E-state index contributed by atoms with van der Waals surface area (Å²) in [6.45, 7) is 4.05. The van der Waals surface area contributed by atoms with E-state index in [2.05, 4.69) is 55.5 Å². The molecule has 0 atom stereocenters. The Labute approximate surface area is 158 Å². The molecule has 27 heavy (non-hydrogen) atoms. The van der Waals surface area contributed by atoms with Gasteiger partial charge in [0.15, 0.2) is 0 Å². The van der Waals surface area contributed by atoms with Crippen molar-refractivity contribution >= 4 is 16.5 Å². The predicted octanol–water partition coefficient (Wildman–Crippen LogP) is 6.70. The largest absolute Gasteiger partial charge is 0.269 e. The number of hydrogen-bond acceptors (Lipinski definition) is 2. The molecule has 0 aliphatic carbocycles. The van der Waals surface area contributed by atoms with Gasteiger partial charge in [0.2, 0.25) is 0 Å². The summed E-state index contributed by atoms with van der Waals surface area (Å²) in [7, 11) is 0. The van der Waals surface area contributed by atoms with Gasteiger partial charge in [-0.3, -0.25) is 10.1 Å². The molecule has 4 rings (SSSR count). The minimum absolute atomic E-state index is 0.121. The first-order valence-corrected chi connectivity index (χ1v) is 8.89. The third kappa shape index (κ3) is 2.97. The molecule has 3 heteroatoms. The minimum atomic E-state index is -0.349. The van der Waals surface area contributed by atoms with Gasteiger partial charge in [0.1, 0.15) is 0 Å². The van der Waals surface area contributed by atoms with Crippen molar-refractivity contribution in [3.05, 3.63) is 100 Å². The summed E-state index contributed by atoms with van der Waals surface area (Å²) < 4.78 is 0. The zero-order valence-electron chi connectivity index (χ0n) is 15.3. The molecule has 0 N–H and O–H groups in total. The van der Waals surface area contributed by atoms with Crippen molar-refractivity contribution in [1.29, 1.82) is 0 Å². The Morgan fingerprint density at radius 3 is 1.85 bits per heavy atom. The molecule has 0 aromatic heterocycles. The van der Waals surface area contributed by atoms with Crippen LogP contribution in [0.3, 0.4) is 0 Å². The molecule has 0 spiro atoms. The standard InChI is InChI=1S/C24H19NO2/c1-16-7-3-4-10-20(16)22-11-5-8-18-9-6-12-23(24(18)22)21-14-13-19(25(26)27)15-17(21)2/h3-15H,1-2H3. The van der Waals surface area contributed by atoms with Crippen molar-refractivity contribution in [2.75, 3.05) is 0 Å². The average Bonchev–Trinajstić information content (AvgIpc) is 2.67. The van der Waals surface area contributed by atoms with Gasteiger partial charge in [-0.05, 0) is 64.1 Å². The smallest absolute Gasteiger partial charge is 0.258 e. The fourth-order valence-electron chi connectivity index (χ4n) is 3.73. The number of rotatable bonds is 3. The Balaban J connectivity index is 2.03. The van der Waals surface area contributed by atoms with E-state index in [1.807, 2.05) is 25.1 Å². The van der Waals surface area contributed by atoms with Crippen LogP contribution in [0.1, 0.15) is 11.1 Å². The average molecular weight is 353 g/mol. The Hall–Kier alpha value is -3.46. The maximum Gasteiger partial charge on any atom is 0.269 e. The van der Waals surface area contributed by atoms with E-state index in [9.17, 15) is 10.1 Å². The summed E-state index contributed by atoms with van der Waals surface area (Å²) in [5.41, 5.74) is 6.74. The maximum absolute atomic E-state index is 11.1. The zero-order valence-corrected chi connectivity index (χ0v) is 15.3. The van der Waals surface area contributed by atoms with Crippen molar-refractivity contribution in [3.8, 4) is 22.3 Å². The van der Waals surface area contributed by atoms with Crippen LogP contribution in [0.25, 0.3) is 33.0 Å². The Kier molecular flexibility index (Phi) is 4.21. The molecule has 0 bridgehead atoms. The van der Waals surface area contributed by atoms with E-state index < -0.39 is 0 Å². The van der Waals surface area contributed by atoms with Gasteiger partial charge in [-0.1, -0.05) is 60.7 Å². The van der Waals surface area contributed by atoms with Gasteiger partial charge in [0.05, 0.1) is 4.92 Å². The van der Waals surface area contributed by atoms with Crippen LogP contribution in [0.2, 0.25) is 0 Å². The van der Waals surface area contributed by atoms with Crippen LogP contribution < -0.4 is 0 Å². The molecule has 132 valence electrons. The monoisotopic (exact) mass is 353 g/mol. The summed E-state index contributed by atoms with van der Waals surface area (Å²) in [5, 5.41) is 13.4. The van der Waals surface area contributed by atoms with Crippen LogP contribution in [0, 0.1) is 24.0 Å². The number of nitrogens with zero attached hydrogens (tertiary/aromatic N) is 1. The molecule has 4 aromatic carbocycles. The molecule has 0 amide bonds. The molecule has 3 nitrogen and oxygen atoms in total. The van der Waals surface area contributed by atoms with Crippen LogP contribution in [0.5, 0.6) is 0 Å². The number of fused-ring (bicyclic) bond motifs is 1. The van der Waals surface area contributed by atoms with Crippen LogP contribution in [0.4, 0.5) is 5.69 Å². The fraction of sp³-hybridized carbons (Fsp3) is 0.0833. The molecule has 0 saturated carbocycles. The molecular formula is C24H19NO2. The van der Waals surface area contributed by atoms with E-state index in [-0.39, 0.29) is 10.6 Å². The van der Waals surface area contributed by atoms with Crippen molar-refractivity contribution in [2.45, 2.75) is 13.8 Å². The molecule has 0 fully saturated rings. The first-order chi connectivity index (χ1) is 13.1. The summed E-state index contributed by atoms with van der Waals surface area (Å²) in [4.78, 5) is 10.7. The second kappa shape index (κ2) is 6.69. The fourth-order valence-corrected chi connectivity index (χ4v) is 3.73. The lowest BCUT2D eigenvalue weighted by atomic mass is 9.88. The quantitative estimate of drug-likeness (QED) is 0.304. The number of benzene rings is 4. The number of nitro benzene ring substituents is 1. The van der Waals surface area contributed by atoms with Crippen molar-refractivity contribution in [2.24, 2.45) is 0 Å². The normalized spacial score (nSPS) is 10.9. The summed E-state index contributed by atoms with van der Waals surface area (Å²) in [6, 6.07) is 26.0. The van der Waals surface area contributed by atoms with E-state index in [0.29, 0.717) is 0 Å². The molecular weight excluding hydrogens is 334 g/mol. The molecule has 0 aliphatic rings. The van der Waals surface area contributed by atoms with Gasteiger partial charge in [0, 0.05) is 12.1 Å². The number of non-ortho nitro benzene ring substituents is 1. The molecule has 0 heterocycles. The lowest BCUT2D eigenvalue weighted by molar-refractivity contribution is -0.384. The van der Waals surface area contributed by atoms with Gasteiger partial charge < -0.3 is 0 Å². The highest BCUT2D eigenvalue weighted by molar-refractivity contribution is 6.07. The number of hydrogen-bond donors (Lipinski definition) is 0.